The minimum Gasteiger partial charge on any atom is -0.304 e. The molecule has 0 radical (unpaired) electrons. The molecule has 3 aromatic heterocycles. The van der Waals surface area contributed by atoms with Gasteiger partial charge < -0.3 is 5.32 Å². The van der Waals surface area contributed by atoms with E-state index < -0.39 is 0 Å². The molecular weight excluding hydrogens is 480 g/mol. The minimum atomic E-state index is -0.320. The third-order valence-electron chi connectivity index (χ3n) is 5.41. The number of aromatic nitrogens is 5. The molecule has 5 aromatic rings. The highest BCUT2D eigenvalue weighted by molar-refractivity contribution is 9.10. The van der Waals surface area contributed by atoms with Crippen LogP contribution in [0.2, 0.25) is 0 Å². The number of carbonyl (C=O) groups excluding carboxylic acids is 1. The fourth-order valence-corrected chi connectivity index (χ4v) is 4.03. The van der Waals surface area contributed by atoms with Crippen LogP contribution in [0.4, 0.5) is 5.82 Å². The van der Waals surface area contributed by atoms with E-state index in [0.717, 1.165) is 16.8 Å². The molecule has 164 valence electrons. The highest BCUT2D eigenvalue weighted by Gasteiger charge is 2.18. The number of hydrogen-bond acceptors (Lipinski definition) is 4. The second-order valence-corrected chi connectivity index (χ2v) is 8.81. The molecule has 0 spiro atoms. The van der Waals surface area contributed by atoms with Crippen LogP contribution in [0, 0.1) is 13.8 Å². The van der Waals surface area contributed by atoms with Crippen LogP contribution in [0.25, 0.3) is 16.9 Å². The summed E-state index contributed by atoms with van der Waals surface area (Å²) in [5, 5.41) is 11.8. The van der Waals surface area contributed by atoms with Gasteiger partial charge in [0.1, 0.15) is 5.56 Å². The van der Waals surface area contributed by atoms with Crippen LogP contribution >= 0.6 is 15.9 Å². The predicted octanol–water partition coefficient (Wildman–Crippen LogP) is 5.27. The van der Waals surface area contributed by atoms with Crippen molar-refractivity contribution in [1.82, 2.24) is 24.4 Å². The Morgan fingerprint density at radius 1 is 1.00 bits per heavy atom. The van der Waals surface area contributed by atoms with E-state index in [9.17, 15) is 4.79 Å². The number of halogens is 1. The second kappa shape index (κ2) is 8.63. The van der Waals surface area contributed by atoms with Crippen molar-refractivity contribution in [3.8, 4) is 11.3 Å². The van der Waals surface area contributed by atoms with Crippen LogP contribution in [0.5, 0.6) is 0 Å². The van der Waals surface area contributed by atoms with Gasteiger partial charge in [-0.25, -0.2) is 9.50 Å². The van der Waals surface area contributed by atoms with Crippen LogP contribution in [-0.4, -0.2) is 30.3 Å². The summed E-state index contributed by atoms with van der Waals surface area (Å²) in [4.78, 5) is 17.5. The smallest absolute Gasteiger partial charge is 0.262 e. The highest BCUT2D eigenvalue weighted by atomic mass is 79.9. The van der Waals surface area contributed by atoms with Crippen LogP contribution in [0.3, 0.4) is 0 Å². The average molecular weight is 501 g/mol. The molecule has 1 amide bonds. The monoisotopic (exact) mass is 500 g/mol. The number of amides is 1. The molecule has 1 N–H and O–H groups in total. The quantitative estimate of drug-likeness (QED) is 0.356. The summed E-state index contributed by atoms with van der Waals surface area (Å²) in [5.74, 6) is 0.126. The van der Waals surface area contributed by atoms with E-state index in [1.165, 1.54) is 17.3 Å². The van der Waals surface area contributed by atoms with Crippen molar-refractivity contribution >= 4 is 33.3 Å². The molecule has 2 aromatic carbocycles. The Balaban J connectivity index is 1.40. The van der Waals surface area contributed by atoms with Gasteiger partial charge in [-0.15, -0.1) is 0 Å². The molecule has 0 atom stereocenters. The van der Waals surface area contributed by atoms with Crippen LogP contribution in [0.15, 0.2) is 77.7 Å². The summed E-state index contributed by atoms with van der Waals surface area (Å²) in [6.07, 6.45) is 5.07. The number of nitrogens with one attached hydrogen (secondary N) is 1. The first-order valence-electron chi connectivity index (χ1n) is 10.5. The highest BCUT2D eigenvalue weighted by Crippen LogP contribution is 2.24. The lowest BCUT2D eigenvalue weighted by Crippen LogP contribution is -2.13. The number of aryl methyl sites for hydroxylation is 2. The third kappa shape index (κ3) is 4.29. The van der Waals surface area contributed by atoms with Gasteiger partial charge in [-0.1, -0.05) is 59.7 Å². The van der Waals surface area contributed by atoms with Gasteiger partial charge in [0.2, 0.25) is 0 Å². The lowest BCUT2D eigenvalue weighted by Gasteiger charge is -2.06. The molecule has 33 heavy (non-hydrogen) atoms. The van der Waals surface area contributed by atoms with Crippen molar-refractivity contribution in [2.75, 3.05) is 5.32 Å². The van der Waals surface area contributed by atoms with E-state index >= 15 is 0 Å². The summed E-state index contributed by atoms with van der Waals surface area (Å²) in [6.45, 7) is 4.70. The van der Waals surface area contributed by atoms with Crippen molar-refractivity contribution in [1.29, 1.82) is 0 Å². The molecule has 3 heterocycles. The van der Waals surface area contributed by atoms with Gasteiger partial charge in [-0.05, 0) is 41.4 Å². The van der Waals surface area contributed by atoms with Crippen LogP contribution < -0.4 is 5.32 Å². The van der Waals surface area contributed by atoms with Gasteiger partial charge in [0, 0.05) is 18.0 Å². The standard InChI is InChI=1S/C25H21BrN6O/c1-16-3-7-18(8-4-16)14-31-15-21(26)23(30-31)29-25(33)20-13-28-32-22(11-12-27-24(20)32)19-9-5-17(2)6-10-19/h3-13,15H,14H2,1-2H3,(H,29,30,33). The number of fused-ring (bicyclic) bond motifs is 1. The summed E-state index contributed by atoms with van der Waals surface area (Å²) >= 11 is 3.50. The molecule has 0 aliphatic carbocycles. The molecule has 0 fully saturated rings. The first-order chi connectivity index (χ1) is 16.0. The Kier molecular flexibility index (Phi) is 5.51. The second-order valence-electron chi connectivity index (χ2n) is 7.95. The first-order valence-corrected chi connectivity index (χ1v) is 11.3. The maximum atomic E-state index is 13.1. The molecule has 5 rings (SSSR count). The van der Waals surface area contributed by atoms with Crippen molar-refractivity contribution in [2.45, 2.75) is 20.4 Å². The number of hydrogen-bond donors (Lipinski definition) is 1. The van der Waals surface area contributed by atoms with Crippen molar-refractivity contribution in [2.24, 2.45) is 0 Å². The van der Waals surface area contributed by atoms with Gasteiger partial charge in [0.05, 0.1) is 22.9 Å². The van der Waals surface area contributed by atoms with E-state index in [2.05, 4.69) is 67.6 Å². The first kappa shape index (κ1) is 21.1. The molecule has 0 saturated heterocycles. The number of rotatable bonds is 5. The number of nitrogens with zero attached hydrogens (tertiary/aromatic N) is 5. The molecule has 8 heteroatoms. The van der Waals surface area contributed by atoms with Crippen LogP contribution in [-0.2, 0) is 6.54 Å². The topological polar surface area (TPSA) is 77.1 Å². The summed E-state index contributed by atoms with van der Waals surface area (Å²) in [5.41, 5.74) is 6.25. The fourth-order valence-electron chi connectivity index (χ4n) is 3.61. The SMILES string of the molecule is Cc1ccc(Cn2cc(Br)c(NC(=O)c3cnn4c(-c5ccc(C)cc5)ccnc34)n2)cc1. The molecule has 0 bridgehead atoms. The molecule has 0 aliphatic heterocycles. The maximum absolute atomic E-state index is 13.1. The van der Waals surface area contributed by atoms with Crippen molar-refractivity contribution < 1.29 is 4.79 Å². The minimum absolute atomic E-state index is 0.320. The molecule has 0 aliphatic rings. The fraction of sp³-hybridized carbons (Fsp3) is 0.120. The van der Waals surface area contributed by atoms with Crippen molar-refractivity contribution in [3.63, 3.8) is 0 Å². The molecule has 0 saturated carbocycles. The Morgan fingerprint density at radius 3 is 2.42 bits per heavy atom. The summed E-state index contributed by atoms with van der Waals surface area (Å²) in [6, 6.07) is 18.3. The normalized spacial score (nSPS) is 11.1. The summed E-state index contributed by atoms with van der Waals surface area (Å²) in [7, 11) is 0. The molecular formula is C25H21BrN6O. The molecule has 7 nitrogen and oxygen atoms in total. The molecule has 0 unspecified atom stereocenters. The van der Waals surface area contributed by atoms with Crippen molar-refractivity contribution in [3.05, 3.63) is 99.9 Å². The predicted molar refractivity (Wildman–Crippen MR) is 131 cm³/mol. The van der Waals surface area contributed by atoms with Gasteiger partial charge in [0.15, 0.2) is 11.5 Å². The Morgan fingerprint density at radius 2 is 1.70 bits per heavy atom. The Labute approximate surface area is 199 Å². The lowest BCUT2D eigenvalue weighted by atomic mass is 10.1. The van der Waals surface area contributed by atoms with E-state index in [-0.39, 0.29) is 5.91 Å². The number of anilines is 1. The van der Waals surface area contributed by atoms with Crippen LogP contribution in [0.1, 0.15) is 27.0 Å². The Hall–Kier alpha value is -3.78. The Bertz CT molecular complexity index is 1450. The summed E-state index contributed by atoms with van der Waals surface area (Å²) < 4.78 is 4.17. The number of carbonyl (C=O) groups is 1. The largest absolute Gasteiger partial charge is 0.304 e. The van der Waals surface area contributed by atoms with E-state index in [1.807, 2.05) is 43.5 Å². The zero-order valence-electron chi connectivity index (χ0n) is 18.2. The van der Waals surface area contributed by atoms with E-state index in [0.29, 0.717) is 28.0 Å². The lowest BCUT2D eigenvalue weighted by molar-refractivity contribution is 0.102. The van der Waals surface area contributed by atoms with Gasteiger partial charge in [-0.2, -0.15) is 10.2 Å². The zero-order valence-corrected chi connectivity index (χ0v) is 19.7. The van der Waals surface area contributed by atoms with E-state index in [1.54, 1.807) is 15.4 Å². The maximum Gasteiger partial charge on any atom is 0.262 e. The number of benzene rings is 2. The third-order valence-corrected chi connectivity index (χ3v) is 5.99. The van der Waals surface area contributed by atoms with E-state index in [4.69, 9.17) is 0 Å². The average Bonchev–Trinajstić information content (AvgIpc) is 3.39. The van der Waals surface area contributed by atoms with Gasteiger partial charge >= 0.3 is 0 Å². The van der Waals surface area contributed by atoms with Gasteiger partial charge in [-0.3, -0.25) is 9.48 Å². The zero-order chi connectivity index (χ0) is 22.9. The van der Waals surface area contributed by atoms with Gasteiger partial charge in [0.25, 0.3) is 5.91 Å².